The summed E-state index contributed by atoms with van der Waals surface area (Å²) in [7, 11) is 2.23. The normalized spacial score (nSPS) is 20.4. The zero-order valence-electron chi connectivity index (χ0n) is 13.6. The Morgan fingerprint density at radius 3 is 2.40 bits per heavy atom. The average molecular weight is 274 g/mol. The monoisotopic (exact) mass is 274 g/mol. The third kappa shape index (κ3) is 4.60. The second-order valence-corrected chi connectivity index (χ2v) is 7.29. The lowest BCUT2D eigenvalue weighted by atomic mass is 9.87. The van der Waals surface area contributed by atoms with E-state index in [9.17, 15) is 0 Å². The van der Waals surface area contributed by atoms with Crippen molar-refractivity contribution in [3.05, 3.63) is 35.4 Å². The van der Waals surface area contributed by atoms with Gasteiger partial charge in [-0.25, -0.2) is 0 Å². The van der Waals surface area contributed by atoms with Crippen molar-refractivity contribution in [2.45, 2.75) is 58.0 Å². The molecule has 0 aliphatic carbocycles. The number of nitrogens with one attached hydrogen (secondary N) is 1. The minimum absolute atomic E-state index is 0.246. The lowest BCUT2D eigenvalue weighted by Gasteiger charge is -2.28. The van der Waals surface area contributed by atoms with Crippen LogP contribution in [-0.2, 0) is 12.0 Å². The summed E-state index contributed by atoms with van der Waals surface area (Å²) in [5, 5.41) is 3.62. The first-order valence-corrected chi connectivity index (χ1v) is 7.96. The summed E-state index contributed by atoms with van der Waals surface area (Å²) in [6.07, 6.45) is 4.05. The van der Waals surface area contributed by atoms with Crippen molar-refractivity contribution >= 4 is 0 Å². The van der Waals surface area contributed by atoms with Crippen molar-refractivity contribution < 1.29 is 0 Å². The molecule has 0 spiro atoms. The summed E-state index contributed by atoms with van der Waals surface area (Å²) >= 11 is 0. The molecule has 0 aromatic heterocycles. The first-order chi connectivity index (χ1) is 9.45. The third-order valence-corrected chi connectivity index (χ3v) is 4.22. The van der Waals surface area contributed by atoms with Crippen molar-refractivity contribution in [2.24, 2.45) is 0 Å². The number of piperidine rings is 1. The predicted octanol–water partition coefficient (Wildman–Crippen LogP) is 3.56. The van der Waals surface area contributed by atoms with Crippen molar-refractivity contribution in [3.8, 4) is 0 Å². The van der Waals surface area contributed by atoms with Gasteiger partial charge in [-0.05, 0) is 43.0 Å². The van der Waals surface area contributed by atoms with Crippen molar-refractivity contribution in [1.82, 2.24) is 10.2 Å². The maximum atomic E-state index is 3.62. The Kier molecular flexibility index (Phi) is 5.22. The molecule has 0 saturated carbocycles. The highest BCUT2D eigenvalue weighted by molar-refractivity contribution is 5.27. The molecule has 2 rings (SSSR count). The summed E-state index contributed by atoms with van der Waals surface area (Å²) in [5.41, 5.74) is 3.07. The molecule has 1 unspecified atom stereocenters. The van der Waals surface area contributed by atoms with E-state index in [0.29, 0.717) is 6.04 Å². The van der Waals surface area contributed by atoms with Crippen molar-refractivity contribution in [1.29, 1.82) is 0 Å². The summed E-state index contributed by atoms with van der Waals surface area (Å²) in [6, 6.07) is 9.81. The van der Waals surface area contributed by atoms with Crippen LogP contribution in [0.3, 0.4) is 0 Å². The maximum Gasteiger partial charge on any atom is 0.0231 e. The summed E-state index contributed by atoms with van der Waals surface area (Å²) < 4.78 is 0. The molecule has 1 aromatic rings. The number of hydrogen-bond acceptors (Lipinski definition) is 2. The highest BCUT2D eigenvalue weighted by Gasteiger charge is 2.15. The third-order valence-electron chi connectivity index (χ3n) is 4.22. The fourth-order valence-electron chi connectivity index (χ4n) is 2.94. The van der Waals surface area contributed by atoms with Crippen LogP contribution in [0.4, 0.5) is 0 Å². The zero-order chi connectivity index (χ0) is 14.6. The molecule has 2 nitrogen and oxygen atoms in total. The van der Waals surface area contributed by atoms with Crippen LogP contribution in [0.2, 0.25) is 0 Å². The van der Waals surface area contributed by atoms with E-state index < -0.39 is 0 Å². The Morgan fingerprint density at radius 2 is 1.85 bits per heavy atom. The molecule has 112 valence electrons. The quantitative estimate of drug-likeness (QED) is 0.903. The predicted molar refractivity (Wildman–Crippen MR) is 87.1 cm³/mol. The molecule has 1 aliphatic rings. The zero-order valence-corrected chi connectivity index (χ0v) is 13.6. The lowest BCUT2D eigenvalue weighted by molar-refractivity contribution is 0.256. The molecular formula is C18H30N2. The number of hydrogen-bond donors (Lipinski definition) is 1. The van der Waals surface area contributed by atoms with Crippen LogP contribution in [0.15, 0.2) is 24.3 Å². The Labute approximate surface area is 124 Å². The van der Waals surface area contributed by atoms with E-state index in [4.69, 9.17) is 0 Å². The SMILES string of the molecule is CN(Cc1ccc(C(C)(C)C)cc1)CC1CCCCN1. The van der Waals surface area contributed by atoms with Gasteiger partial charge >= 0.3 is 0 Å². The second kappa shape index (κ2) is 6.73. The van der Waals surface area contributed by atoms with Gasteiger partial charge in [-0.1, -0.05) is 51.5 Å². The van der Waals surface area contributed by atoms with Crippen LogP contribution in [0.5, 0.6) is 0 Å². The summed E-state index contributed by atoms with van der Waals surface area (Å²) in [4.78, 5) is 2.44. The smallest absolute Gasteiger partial charge is 0.0231 e. The fourth-order valence-corrected chi connectivity index (χ4v) is 2.94. The molecule has 1 fully saturated rings. The Morgan fingerprint density at radius 1 is 1.15 bits per heavy atom. The van der Waals surface area contributed by atoms with E-state index in [0.717, 1.165) is 13.1 Å². The van der Waals surface area contributed by atoms with Crippen LogP contribution in [0, 0.1) is 0 Å². The largest absolute Gasteiger partial charge is 0.313 e. The molecule has 1 aliphatic heterocycles. The molecule has 0 bridgehead atoms. The first-order valence-electron chi connectivity index (χ1n) is 7.96. The molecular weight excluding hydrogens is 244 g/mol. The molecule has 0 amide bonds. The van der Waals surface area contributed by atoms with Crippen LogP contribution in [-0.4, -0.2) is 31.1 Å². The lowest BCUT2D eigenvalue weighted by Crippen LogP contribution is -2.42. The molecule has 1 N–H and O–H groups in total. The topological polar surface area (TPSA) is 15.3 Å². The minimum atomic E-state index is 0.246. The van der Waals surface area contributed by atoms with E-state index in [1.807, 2.05) is 0 Å². The van der Waals surface area contributed by atoms with Gasteiger partial charge in [0.15, 0.2) is 0 Å². The van der Waals surface area contributed by atoms with E-state index in [1.54, 1.807) is 0 Å². The van der Waals surface area contributed by atoms with Crippen molar-refractivity contribution in [3.63, 3.8) is 0 Å². The highest BCUT2D eigenvalue weighted by Crippen LogP contribution is 2.22. The first kappa shape index (κ1) is 15.5. The van der Waals surface area contributed by atoms with Gasteiger partial charge in [-0.2, -0.15) is 0 Å². The minimum Gasteiger partial charge on any atom is -0.313 e. The van der Waals surface area contributed by atoms with Crippen LogP contribution < -0.4 is 5.32 Å². The molecule has 20 heavy (non-hydrogen) atoms. The second-order valence-electron chi connectivity index (χ2n) is 7.29. The summed E-state index contributed by atoms with van der Waals surface area (Å²) in [6.45, 7) is 10.2. The van der Waals surface area contributed by atoms with Crippen molar-refractivity contribution in [2.75, 3.05) is 20.1 Å². The van der Waals surface area contributed by atoms with Crippen LogP contribution in [0.25, 0.3) is 0 Å². The van der Waals surface area contributed by atoms with Crippen LogP contribution >= 0.6 is 0 Å². The van der Waals surface area contributed by atoms with Crippen LogP contribution in [0.1, 0.15) is 51.2 Å². The Bertz CT molecular complexity index is 396. The highest BCUT2D eigenvalue weighted by atomic mass is 15.1. The Hall–Kier alpha value is -0.860. The molecule has 1 atom stereocenters. The number of rotatable bonds is 4. The van der Waals surface area contributed by atoms with E-state index >= 15 is 0 Å². The van der Waals surface area contributed by atoms with Gasteiger partial charge < -0.3 is 10.2 Å². The van der Waals surface area contributed by atoms with Gasteiger partial charge in [-0.15, -0.1) is 0 Å². The molecule has 2 heteroatoms. The number of nitrogens with zero attached hydrogens (tertiary/aromatic N) is 1. The van der Waals surface area contributed by atoms with E-state index in [-0.39, 0.29) is 5.41 Å². The average Bonchev–Trinajstić information content (AvgIpc) is 2.39. The number of benzene rings is 1. The van der Waals surface area contributed by atoms with Gasteiger partial charge in [0, 0.05) is 19.1 Å². The van der Waals surface area contributed by atoms with Gasteiger partial charge in [0.1, 0.15) is 0 Å². The standard InChI is InChI=1S/C18H30N2/c1-18(2,3)16-10-8-15(9-11-16)13-20(4)14-17-7-5-6-12-19-17/h8-11,17,19H,5-7,12-14H2,1-4H3. The van der Waals surface area contributed by atoms with Gasteiger partial charge in [0.25, 0.3) is 0 Å². The van der Waals surface area contributed by atoms with Gasteiger partial charge in [-0.3, -0.25) is 0 Å². The summed E-state index contributed by atoms with van der Waals surface area (Å²) in [5.74, 6) is 0. The number of likely N-dealkylation sites (N-methyl/N-ethyl adjacent to an activating group) is 1. The molecule has 1 heterocycles. The molecule has 1 aromatic carbocycles. The van der Waals surface area contributed by atoms with Gasteiger partial charge in [0.2, 0.25) is 0 Å². The van der Waals surface area contributed by atoms with Gasteiger partial charge in [0.05, 0.1) is 0 Å². The van der Waals surface area contributed by atoms with E-state index in [1.165, 1.54) is 36.9 Å². The fraction of sp³-hybridized carbons (Fsp3) is 0.667. The molecule has 1 saturated heterocycles. The maximum absolute atomic E-state index is 3.62. The van der Waals surface area contributed by atoms with E-state index in [2.05, 4.69) is 62.3 Å². The Balaban J connectivity index is 1.86. The molecule has 0 radical (unpaired) electrons.